The van der Waals surface area contributed by atoms with E-state index in [1.807, 2.05) is 12.1 Å². The molecule has 1 fully saturated rings. The highest BCUT2D eigenvalue weighted by Gasteiger charge is 2.22. The standard InChI is InChI=1S/C17H25NO4/c1-21-9-10-22-8-7-18-6-5-15(13-18)11-14-3-2-4-16(12-14)17(19)20/h2-4,12,15H,5-11,13H2,1H3,(H,19,20). The van der Waals surface area contributed by atoms with Gasteiger partial charge in [-0.05, 0) is 43.0 Å². The van der Waals surface area contributed by atoms with E-state index in [2.05, 4.69) is 4.90 Å². The summed E-state index contributed by atoms with van der Waals surface area (Å²) in [4.78, 5) is 13.4. The molecule has 1 aromatic rings. The van der Waals surface area contributed by atoms with Gasteiger partial charge in [-0.25, -0.2) is 4.79 Å². The summed E-state index contributed by atoms with van der Waals surface area (Å²) in [5.41, 5.74) is 1.49. The maximum atomic E-state index is 11.0. The molecule has 1 unspecified atom stereocenters. The Labute approximate surface area is 131 Å². The minimum Gasteiger partial charge on any atom is -0.478 e. The van der Waals surface area contributed by atoms with Crippen molar-refractivity contribution in [2.45, 2.75) is 12.8 Å². The van der Waals surface area contributed by atoms with Crippen molar-refractivity contribution in [2.24, 2.45) is 5.92 Å². The fraction of sp³-hybridized carbons (Fsp3) is 0.588. The Morgan fingerprint density at radius 3 is 3.00 bits per heavy atom. The van der Waals surface area contributed by atoms with Crippen LogP contribution in [-0.4, -0.2) is 62.5 Å². The summed E-state index contributed by atoms with van der Waals surface area (Å²) >= 11 is 0. The fourth-order valence-electron chi connectivity index (χ4n) is 2.89. The van der Waals surface area contributed by atoms with Gasteiger partial charge in [0.1, 0.15) is 0 Å². The van der Waals surface area contributed by atoms with Crippen LogP contribution < -0.4 is 0 Å². The number of ether oxygens (including phenoxy) is 2. The first-order valence-electron chi connectivity index (χ1n) is 7.80. The van der Waals surface area contributed by atoms with Gasteiger partial charge in [0, 0.05) is 20.2 Å². The number of carbonyl (C=O) groups is 1. The van der Waals surface area contributed by atoms with Crippen LogP contribution in [0.1, 0.15) is 22.3 Å². The normalized spacial score (nSPS) is 18.7. The third-order valence-corrected chi connectivity index (χ3v) is 4.05. The number of carboxylic acid groups (broad SMARTS) is 1. The number of hydrogen-bond acceptors (Lipinski definition) is 4. The van der Waals surface area contributed by atoms with Crippen LogP contribution in [0.15, 0.2) is 24.3 Å². The molecule has 5 heteroatoms. The van der Waals surface area contributed by atoms with E-state index in [1.165, 1.54) is 0 Å². The van der Waals surface area contributed by atoms with Gasteiger partial charge in [-0.15, -0.1) is 0 Å². The molecule has 22 heavy (non-hydrogen) atoms. The highest BCUT2D eigenvalue weighted by molar-refractivity contribution is 5.87. The Bertz CT molecular complexity index is 477. The Morgan fingerprint density at radius 2 is 2.23 bits per heavy atom. The van der Waals surface area contributed by atoms with Gasteiger partial charge in [0.25, 0.3) is 0 Å². The number of hydrogen-bond donors (Lipinski definition) is 1. The molecule has 0 saturated carbocycles. The summed E-state index contributed by atoms with van der Waals surface area (Å²) in [7, 11) is 1.67. The largest absolute Gasteiger partial charge is 0.478 e. The molecule has 1 N–H and O–H groups in total. The molecule has 1 saturated heterocycles. The summed E-state index contributed by atoms with van der Waals surface area (Å²) in [6.07, 6.45) is 2.11. The highest BCUT2D eigenvalue weighted by atomic mass is 16.5. The topological polar surface area (TPSA) is 59.0 Å². The van der Waals surface area contributed by atoms with E-state index >= 15 is 0 Å². The zero-order valence-electron chi connectivity index (χ0n) is 13.2. The van der Waals surface area contributed by atoms with Crippen molar-refractivity contribution in [3.05, 3.63) is 35.4 Å². The van der Waals surface area contributed by atoms with Gasteiger partial charge in [-0.3, -0.25) is 0 Å². The van der Waals surface area contributed by atoms with Crippen molar-refractivity contribution >= 4 is 5.97 Å². The molecule has 5 nitrogen and oxygen atoms in total. The van der Waals surface area contributed by atoms with Gasteiger partial charge in [-0.2, -0.15) is 0 Å². The number of rotatable bonds is 9. The first-order chi connectivity index (χ1) is 10.7. The molecule has 0 spiro atoms. The van der Waals surface area contributed by atoms with Crippen LogP contribution in [0, 0.1) is 5.92 Å². The molecule has 0 radical (unpaired) electrons. The second kappa shape index (κ2) is 8.88. The fourth-order valence-corrected chi connectivity index (χ4v) is 2.89. The summed E-state index contributed by atoms with van der Waals surface area (Å²) in [5.74, 6) is -0.258. The molecule has 0 amide bonds. The van der Waals surface area contributed by atoms with E-state index in [0.717, 1.165) is 44.6 Å². The number of methoxy groups -OCH3 is 1. The van der Waals surface area contributed by atoms with Crippen LogP contribution in [0.2, 0.25) is 0 Å². The van der Waals surface area contributed by atoms with E-state index in [9.17, 15) is 4.79 Å². The Balaban J connectivity index is 1.72. The minimum absolute atomic E-state index is 0.374. The van der Waals surface area contributed by atoms with Gasteiger partial charge in [0.05, 0.1) is 25.4 Å². The summed E-state index contributed by atoms with van der Waals surface area (Å²) in [6.45, 7) is 5.14. The molecule has 1 heterocycles. The van der Waals surface area contributed by atoms with Crippen LogP contribution >= 0.6 is 0 Å². The van der Waals surface area contributed by atoms with E-state index in [4.69, 9.17) is 14.6 Å². The maximum absolute atomic E-state index is 11.0. The van der Waals surface area contributed by atoms with Crippen molar-refractivity contribution in [2.75, 3.05) is 46.6 Å². The van der Waals surface area contributed by atoms with Crippen LogP contribution in [0.4, 0.5) is 0 Å². The Hall–Kier alpha value is -1.43. The van der Waals surface area contributed by atoms with Crippen molar-refractivity contribution in [3.63, 3.8) is 0 Å². The molecule has 1 atom stereocenters. The lowest BCUT2D eigenvalue weighted by Gasteiger charge is -2.16. The average Bonchev–Trinajstić information content (AvgIpc) is 2.95. The zero-order chi connectivity index (χ0) is 15.8. The second-order valence-electron chi connectivity index (χ2n) is 5.77. The van der Waals surface area contributed by atoms with Crippen molar-refractivity contribution in [1.82, 2.24) is 4.90 Å². The van der Waals surface area contributed by atoms with Gasteiger partial charge in [0.2, 0.25) is 0 Å². The van der Waals surface area contributed by atoms with E-state index in [-0.39, 0.29) is 0 Å². The van der Waals surface area contributed by atoms with E-state index in [1.54, 1.807) is 19.2 Å². The van der Waals surface area contributed by atoms with Gasteiger partial charge >= 0.3 is 5.97 Å². The molecule has 0 aromatic heterocycles. The lowest BCUT2D eigenvalue weighted by Crippen LogP contribution is -2.26. The molecule has 0 bridgehead atoms. The Kier molecular flexibility index (Phi) is 6.83. The number of aromatic carboxylic acids is 1. The monoisotopic (exact) mass is 307 g/mol. The Morgan fingerprint density at radius 1 is 1.36 bits per heavy atom. The summed E-state index contributed by atoms with van der Waals surface area (Å²) < 4.78 is 10.4. The lowest BCUT2D eigenvalue weighted by atomic mass is 9.97. The molecular formula is C17H25NO4. The number of nitrogens with zero attached hydrogens (tertiary/aromatic N) is 1. The molecule has 2 rings (SSSR count). The van der Waals surface area contributed by atoms with Crippen LogP contribution in [0.3, 0.4) is 0 Å². The second-order valence-corrected chi connectivity index (χ2v) is 5.77. The van der Waals surface area contributed by atoms with Crippen molar-refractivity contribution < 1.29 is 19.4 Å². The lowest BCUT2D eigenvalue weighted by molar-refractivity contribution is 0.0599. The predicted octanol–water partition coefficient (Wildman–Crippen LogP) is 1.91. The molecule has 122 valence electrons. The average molecular weight is 307 g/mol. The SMILES string of the molecule is COCCOCCN1CCC(Cc2cccc(C(=O)O)c2)C1. The summed E-state index contributed by atoms with van der Waals surface area (Å²) in [5, 5.41) is 9.04. The molecule has 1 aromatic carbocycles. The smallest absolute Gasteiger partial charge is 0.335 e. The van der Waals surface area contributed by atoms with E-state index in [0.29, 0.717) is 24.7 Å². The minimum atomic E-state index is -0.858. The molecular weight excluding hydrogens is 282 g/mol. The van der Waals surface area contributed by atoms with E-state index < -0.39 is 5.97 Å². The van der Waals surface area contributed by atoms with Crippen LogP contribution in [0.5, 0.6) is 0 Å². The number of benzene rings is 1. The maximum Gasteiger partial charge on any atom is 0.335 e. The quantitative estimate of drug-likeness (QED) is 0.706. The third-order valence-electron chi connectivity index (χ3n) is 4.05. The third kappa shape index (κ3) is 5.40. The molecule has 1 aliphatic rings. The van der Waals surface area contributed by atoms with Crippen molar-refractivity contribution in [1.29, 1.82) is 0 Å². The van der Waals surface area contributed by atoms with Gasteiger partial charge < -0.3 is 19.5 Å². The summed E-state index contributed by atoms with van der Waals surface area (Å²) in [6, 6.07) is 7.28. The molecule has 1 aliphatic heterocycles. The van der Waals surface area contributed by atoms with Gasteiger partial charge in [-0.1, -0.05) is 12.1 Å². The van der Waals surface area contributed by atoms with Gasteiger partial charge in [0.15, 0.2) is 0 Å². The highest BCUT2D eigenvalue weighted by Crippen LogP contribution is 2.21. The van der Waals surface area contributed by atoms with Crippen LogP contribution in [-0.2, 0) is 15.9 Å². The zero-order valence-corrected chi connectivity index (χ0v) is 13.2. The molecule has 0 aliphatic carbocycles. The predicted molar refractivity (Wildman–Crippen MR) is 84.3 cm³/mol. The number of carboxylic acids is 1. The first-order valence-corrected chi connectivity index (χ1v) is 7.80. The van der Waals surface area contributed by atoms with Crippen LogP contribution in [0.25, 0.3) is 0 Å². The number of likely N-dealkylation sites (tertiary alicyclic amines) is 1. The first kappa shape index (κ1) is 16.9. The van der Waals surface area contributed by atoms with Crippen molar-refractivity contribution in [3.8, 4) is 0 Å².